The number of likely N-dealkylation sites (N-methyl/N-ethyl adjacent to an activating group) is 1. The van der Waals surface area contributed by atoms with Crippen LogP contribution in [0.2, 0.25) is 0 Å². The second-order valence-electron chi connectivity index (χ2n) is 6.98. The zero-order valence-corrected chi connectivity index (χ0v) is 17.8. The van der Waals surface area contributed by atoms with E-state index in [1.54, 1.807) is 13.8 Å². The molecular weight excluding hydrogens is 439 g/mol. The third-order valence-electron chi connectivity index (χ3n) is 4.08. The minimum atomic E-state index is -4.81. The summed E-state index contributed by atoms with van der Waals surface area (Å²) in [6, 6.07) is 2.87. The zero-order chi connectivity index (χ0) is 23.3. The second-order valence-corrected chi connectivity index (χ2v) is 8.01. The number of alkyl halides is 3. The molecular formula is C18H22F3N5O4S. The zero-order valence-electron chi connectivity index (χ0n) is 16.9. The van der Waals surface area contributed by atoms with Crippen molar-refractivity contribution in [2.24, 2.45) is 11.7 Å². The molecule has 1 heterocycles. The highest BCUT2D eigenvalue weighted by atomic mass is 32.1. The average Bonchev–Trinajstić information content (AvgIpc) is 3.04. The van der Waals surface area contributed by atoms with Crippen LogP contribution in [0.4, 0.5) is 18.3 Å². The van der Waals surface area contributed by atoms with E-state index >= 15 is 0 Å². The van der Waals surface area contributed by atoms with Crippen LogP contribution in [0.25, 0.3) is 10.2 Å². The number of rotatable bonds is 8. The van der Waals surface area contributed by atoms with Gasteiger partial charge >= 0.3 is 6.36 Å². The molecule has 0 radical (unpaired) electrons. The van der Waals surface area contributed by atoms with Gasteiger partial charge in [0.05, 0.1) is 29.3 Å². The van der Waals surface area contributed by atoms with Gasteiger partial charge in [0.25, 0.3) is 0 Å². The van der Waals surface area contributed by atoms with Crippen molar-refractivity contribution in [1.29, 1.82) is 0 Å². The lowest BCUT2D eigenvalue weighted by molar-refractivity contribution is -0.274. The lowest BCUT2D eigenvalue weighted by Crippen LogP contribution is -2.48. The van der Waals surface area contributed by atoms with Crippen LogP contribution >= 0.6 is 11.3 Å². The summed E-state index contributed by atoms with van der Waals surface area (Å²) in [4.78, 5) is 41.3. The predicted molar refractivity (Wildman–Crippen MR) is 108 cm³/mol. The highest BCUT2D eigenvalue weighted by Gasteiger charge is 2.31. The van der Waals surface area contributed by atoms with Crippen LogP contribution in [0, 0.1) is 5.92 Å². The van der Waals surface area contributed by atoms with Crippen molar-refractivity contribution in [3.63, 3.8) is 0 Å². The fraction of sp³-hybridized carbons (Fsp3) is 0.444. The summed E-state index contributed by atoms with van der Waals surface area (Å²) in [7, 11) is 1.38. The summed E-state index contributed by atoms with van der Waals surface area (Å²) < 4.78 is 41.2. The lowest BCUT2D eigenvalue weighted by atomic mass is 10.1. The third kappa shape index (κ3) is 7.36. The number of ether oxygens (including phenoxy) is 1. The Morgan fingerprint density at radius 1 is 1.29 bits per heavy atom. The van der Waals surface area contributed by atoms with E-state index in [1.165, 1.54) is 13.1 Å². The molecule has 2 aromatic rings. The fourth-order valence-corrected chi connectivity index (χ4v) is 3.25. The SMILES string of the molecule is CC(C)[C@H](N)C(=O)NCC(=O)N(C)CC(=O)Nc1nc2ccc(OC(F)(F)F)cc2s1. The number of nitrogens with one attached hydrogen (secondary N) is 2. The first-order valence-corrected chi connectivity index (χ1v) is 9.91. The van der Waals surface area contributed by atoms with E-state index in [1.807, 2.05) is 0 Å². The van der Waals surface area contributed by atoms with Crippen LogP contribution in [-0.2, 0) is 14.4 Å². The van der Waals surface area contributed by atoms with Gasteiger partial charge in [0.1, 0.15) is 5.75 Å². The molecule has 0 aliphatic heterocycles. The molecule has 1 aromatic carbocycles. The van der Waals surface area contributed by atoms with Crippen LogP contribution in [0.3, 0.4) is 0 Å². The Morgan fingerprint density at radius 2 is 1.97 bits per heavy atom. The molecule has 0 bridgehead atoms. The number of nitrogens with two attached hydrogens (primary N) is 1. The number of aromatic nitrogens is 1. The number of benzene rings is 1. The number of hydrogen-bond acceptors (Lipinski definition) is 7. The Morgan fingerprint density at radius 3 is 2.58 bits per heavy atom. The van der Waals surface area contributed by atoms with Crippen LogP contribution in [0.1, 0.15) is 13.8 Å². The predicted octanol–water partition coefficient (Wildman–Crippen LogP) is 1.69. The van der Waals surface area contributed by atoms with E-state index in [4.69, 9.17) is 5.73 Å². The maximum atomic E-state index is 12.3. The quantitative estimate of drug-likeness (QED) is 0.549. The molecule has 1 aromatic heterocycles. The highest BCUT2D eigenvalue weighted by Crippen LogP contribution is 2.31. The number of fused-ring (bicyclic) bond motifs is 1. The lowest BCUT2D eigenvalue weighted by Gasteiger charge is -2.19. The number of carbonyl (C=O) groups is 3. The summed E-state index contributed by atoms with van der Waals surface area (Å²) >= 11 is 0.957. The third-order valence-corrected chi connectivity index (χ3v) is 5.01. The van der Waals surface area contributed by atoms with Gasteiger partial charge in [0.15, 0.2) is 5.13 Å². The Labute approximate surface area is 179 Å². The van der Waals surface area contributed by atoms with Crippen molar-refractivity contribution in [2.45, 2.75) is 26.3 Å². The summed E-state index contributed by atoms with van der Waals surface area (Å²) in [5, 5.41) is 5.06. The summed E-state index contributed by atoms with van der Waals surface area (Å²) in [5.74, 6) is -2.02. The number of nitrogens with zero attached hydrogens (tertiary/aromatic N) is 2. The number of halogens is 3. The number of hydrogen-bond donors (Lipinski definition) is 3. The van der Waals surface area contributed by atoms with Gasteiger partial charge in [-0.25, -0.2) is 4.98 Å². The average molecular weight is 461 g/mol. The van der Waals surface area contributed by atoms with Crippen LogP contribution in [0.5, 0.6) is 5.75 Å². The van der Waals surface area contributed by atoms with E-state index in [2.05, 4.69) is 20.4 Å². The second kappa shape index (κ2) is 9.92. The van der Waals surface area contributed by atoms with Crippen molar-refractivity contribution in [3.8, 4) is 5.75 Å². The number of anilines is 1. The highest BCUT2D eigenvalue weighted by molar-refractivity contribution is 7.22. The van der Waals surface area contributed by atoms with Gasteiger partial charge in [-0.1, -0.05) is 25.2 Å². The summed E-state index contributed by atoms with van der Waals surface area (Å²) in [5.41, 5.74) is 6.07. The van der Waals surface area contributed by atoms with Crippen molar-refractivity contribution >= 4 is 44.4 Å². The van der Waals surface area contributed by atoms with Crippen molar-refractivity contribution in [1.82, 2.24) is 15.2 Å². The van der Waals surface area contributed by atoms with Crippen molar-refractivity contribution in [2.75, 3.05) is 25.5 Å². The molecule has 4 N–H and O–H groups in total. The minimum absolute atomic E-state index is 0.0940. The molecule has 0 fully saturated rings. The Hall–Kier alpha value is -2.93. The molecule has 3 amide bonds. The largest absolute Gasteiger partial charge is 0.573 e. The van der Waals surface area contributed by atoms with Gasteiger partial charge in [-0.3, -0.25) is 14.4 Å². The topological polar surface area (TPSA) is 127 Å². The summed E-state index contributed by atoms with van der Waals surface area (Å²) in [6.45, 7) is 2.92. The summed E-state index contributed by atoms with van der Waals surface area (Å²) in [6.07, 6.45) is -4.81. The molecule has 0 saturated heterocycles. The first-order chi connectivity index (χ1) is 14.4. The molecule has 0 spiro atoms. The van der Waals surface area contributed by atoms with Gasteiger partial charge in [-0.2, -0.15) is 0 Å². The van der Waals surface area contributed by atoms with E-state index < -0.39 is 35.9 Å². The van der Waals surface area contributed by atoms with Gasteiger partial charge < -0.3 is 26.0 Å². The fourth-order valence-electron chi connectivity index (χ4n) is 2.34. The van der Waals surface area contributed by atoms with Crippen LogP contribution in [-0.4, -0.2) is 60.1 Å². The van der Waals surface area contributed by atoms with E-state index in [9.17, 15) is 27.6 Å². The Bertz CT molecular complexity index is 963. The maximum absolute atomic E-state index is 12.3. The maximum Gasteiger partial charge on any atom is 0.573 e. The molecule has 0 aliphatic rings. The minimum Gasteiger partial charge on any atom is -0.406 e. The van der Waals surface area contributed by atoms with E-state index in [-0.39, 0.29) is 24.1 Å². The standard InChI is InChI=1S/C18H22F3N5O4S/c1-9(2)15(22)16(29)23-7-14(28)26(3)8-13(27)25-17-24-11-5-4-10(6-12(11)31-17)30-18(19,20)21/h4-6,9,15H,7-8,22H2,1-3H3,(H,23,29)(H,24,25,27)/t15-/m0/s1. The molecule has 9 nitrogen and oxygen atoms in total. The van der Waals surface area contributed by atoms with Crippen LogP contribution < -0.4 is 21.1 Å². The molecule has 31 heavy (non-hydrogen) atoms. The van der Waals surface area contributed by atoms with Gasteiger partial charge in [0, 0.05) is 13.1 Å². The van der Waals surface area contributed by atoms with E-state index in [0.717, 1.165) is 28.4 Å². The van der Waals surface area contributed by atoms with Gasteiger partial charge in [-0.15, -0.1) is 13.2 Å². The van der Waals surface area contributed by atoms with E-state index in [0.29, 0.717) is 10.2 Å². The molecule has 2 rings (SSSR count). The Balaban J connectivity index is 1.90. The first-order valence-electron chi connectivity index (χ1n) is 9.09. The number of thiazole rings is 1. The molecule has 0 aliphatic carbocycles. The first kappa shape index (κ1) is 24.3. The molecule has 13 heteroatoms. The van der Waals surface area contributed by atoms with Gasteiger partial charge in [-0.05, 0) is 18.1 Å². The molecule has 1 atom stereocenters. The number of carbonyl (C=O) groups excluding carboxylic acids is 3. The monoisotopic (exact) mass is 461 g/mol. The molecule has 170 valence electrons. The molecule has 0 saturated carbocycles. The van der Waals surface area contributed by atoms with Crippen LogP contribution in [0.15, 0.2) is 18.2 Å². The van der Waals surface area contributed by atoms with Crippen molar-refractivity contribution in [3.05, 3.63) is 18.2 Å². The number of amides is 3. The normalized spacial score (nSPS) is 12.5. The van der Waals surface area contributed by atoms with Gasteiger partial charge in [0.2, 0.25) is 17.7 Å². The smallest absolute Gasteiger partial charge is 0.406 e. The Kier molecular flexibility index (Phi) is 7.79. The molecule has 0 unspecified atom stereocenters. The van der Waals surface area contributed by atoms with Crippen molar-refractivity contribution < 1.29 is 32.3 Å².